The third kappa shape index (κ3) is 8.53. The molecule has 0 aromatic carbocycles. The van der Waals surface area contributed by atoms with Crippen molar-refractivity contribution in [3.63, 3.8) is 0 Å². The van der Waals surface area contributed by atoms with Gasteiger partial charge in [-0.25, -0.2) is 0 Å². The van der Waals surface area contributed by atoms with Crippen molar-refractivity contribution in [1.82, 2.24) is 10.2 Å². The molecule has 1 unspecified atom stereocenters. The van der Waals surface area contributed by atoms with E-state index in [0.29, 0.717) is 6.54 Å². The molecule has 0 aromatic heterocycles. The van der Waals surface area contributed by atoms with E-state index < -0.39 is 0 Å². The van der Waals surface area contributed by atoms with Gasteiger partial charge in [-0.15, -0.1) is 24.8 Å². The highest BCUT2D eigenvalue weighted by atomic mass is 35.5. The van der Waals surface area contributed by atoms with E-state index in [9.17, 15) is 4.79 Å². The largest absolute Gasteiger partial charge is 0.364 e. The van der Waals surface area contributed by atoms with Crippen molar-refractivity contribution in [1.29, 1.82) is 0 Å². The molecule has 0 aliphatic carbocycles. The zero-order valence-electron chi connectivity index (χ0n) is 14.0. The standard InChI is InChI=1S/C15H31N3O2.2ClH/c1-4-18(5-2)10-6-7-12(3)17-15(19)14-9-8-13(11-16)20-14;;/h12-14H,4-11,16H2,1-3H3,(H,17,19);2*1H/t12?,13-,14+;;/m1../s1. The first-order valence-corrected chi connectivity index (χ1v) is 7.98. The summed E-state index contributed by atoms with van der Waals surface area (Å²) in [7, 11) is 0. The van der Waals surface area contributed by atoms with Gasteiger partial charge in [-0.05, 0) is 52.2 Å². The topological polar surface area (TPSA) is 67.6 Å². The van der Waals surface area contributed by atoms with Crippen LogP contribution in [-0.4, -0.2) is 55.2 Å². The lowest BCUT2D eigenvalue weighted by Crippen LogP contribution is -2.40. The van der Waals surface area contributed by atoms with Crippen molar-refractivity contribution in [3.8, 4) is 0 Å². The van der Waals surface area contributed by atoms with Crippen LogP contribution in [0.2, 0.25) is 0 Å². The van der Waals surface area contributed by atoms with Gasteiger partial charge in [0.1, 0.15) is 6.10 Å². The predicted octanol–water partition coefficient (Wildman–Crippen LogP) is 1.96. The van der Waals surface area contributed by atoms with Crippen LogP contribution in [0.4, 0.5) is 0 Å². The second-order valence-electron chi connectivity index (χ2n) is 5.64. The summed E-state index contributed by atoms with van der Waals surface area (Å²) in [4.78, 5) is 14.4. The Kier molecular flexibility index (Phi) is 14.7. The molecule has 0 aromatic rings. The average molecular weight is 358 g/mol. The highest BCUT2D eigenvalue weighted by Gasteiger charge is 2.30. The Labute approximate surface area is 147 Å². The number of carbonyl (C=O) groups excluding carboxylic acids is 1. The summed E-state index contributed by atoms with van der Waals surface area (Å²) in [6.45, 7) is 10.2. The molecule has 1 amide bonds. The van der Waals surface area contributed by atoms with Gasteiger partial charge in [-0.1, -0.05) is 13.8 Å². The maximum absolute atomic E-state index is 12.0. The van der Waals surface area contributed by atoms with E-state index in [-0.39, 0.29) is 49.0 Å². The smallest absolute Gasteiger partial charge is 0.249 e. The third-order valence-electron chi connectivity index (χ3n) is 4.06. The molecule has 0 spiro atoms. The number of amides is 1. The number of nitrogens with zero attached hydrogens (tertiary/aromatic N) is 1. The number of nitrogens with one attached hydrogen (secondary N) is 1. The molecule has 22 heavy (non-hydrogen) atoms. The second kappa shape index (κ2) is 13.4. The fourth-order valence-electron chi connectivity index (χ4n) is 2.64. The first kappa shape index (κ1) is 24.2. The molecule has 3 N–H and O–H groups in total. The Balaban J connectivity index is 0. The van der Waals surface area contributed by atoms with Crippen molar-refractivity contribution < 1.29 is 9.53 Å². The molecule has 3 atom stereocenters. The molecular weight excluding hydrogens is 325 g/mol. The van der Waals surface area contributed by atoms with Crippen LogP contribution in [0.5, 0.6) is 0 Å². The van der Waals surface area contributed by atoms with E-state index in [0.717, 1.165) is 45.3 Å². The lowest BCUT2D eigenvalue weighted by molar-refractivity contribution is -0.132. The molecule has 1 aliphatic heterocycles. The van der Waals surface area contributed by atoms with Gasteiger partial charge < -0.3 is 20.7 Å². The van der Waals surface area contributed by atoms with Gasteiger partial charge in [-0.2, -0.15) is 0 Å². The zero-order chi connectivity index (χ0) is 15.0. The molecule has 1 rings (SSSR count). The fraction of sp³-hybridized carbons (Fsp3) is 0.933. The van der Waals surface area contributed by atoms with Gasteiger partial charge in [0.25, 0.3) is 0 Å². The lowest BCUT2D eigenvalue weighted by Gasteiger charge is -2.21. The number of hydrogen-bond donors (Lipinski definition) is 2. The van der Waals surface area contributed by atoms with Gasteiger partial charge in [-0.3, -0.25) is 4.79 Å². The normalized spacial score (nSPS) is 21.9. The van der Waals surface area contributed by atoms with Crippen LogP contribution < -0.4 is 11.1 Å². The van der Waals surface area contributed by atoms with Gasteiger partial charge >= 0.3 is 0 Å². The van der Waals surface area contributed by atoms with Crippen molar-refractivity contribution in [3.05, 3.63) is 0 Å². The van der Waals surface area contributed by atoms with Crippen LogP contribution in [0.25, 0.3) is 0 Å². The minimum Gasteiger partial charge on any atom is -0.364 e. The number of nitrogens with two attached hydrogens (primary N) is 1. The fourth-order valence-corrected chi connectivity index (χ4v) is 2.64. The number of halogens is 2. The summed E-state index contributed by atoms with van der Waals surface area (Å²) in [6.07, 6.45) is 3.57. The summed E-state index contributed by atoms with van der Waals surface area (Å²) in [5.41, 5.74) is 5.56. The molecule has 134 valence electrons. The van der Waals surface area contributed by atoms with Gasteiger partial charge in [0, 0.05) is 12.6 Å². The number of ether oxygens (including phenoxy) is 1. The van der Waals surface area contributed by atoms with E-state index in [1.807, 2.05) is 0 Å². The number of carbonyl (C=O) groups is 1. The van der Waals surface area contributed by atoms with Crippen LogP contribution in [-0.2, 0) is 9.53 Å². The van der Waals surface area contributed by atoms with Crippen molar-refractivity contribution in [2.24, 2.45) is 5.73 Å². The maximum Gasteiger partial charge on any atom is 0.249 e. The molecule has 1 fully saturated rings. The highest BCUT2D eigenvalue weighted by Crippen LogP contribution is 2.19. The van der Waals surface area contributed by atoms with Crippen LogP contribution >= 0.6 is 24.8 Å². The van der Waals surface area contributed by atoms with E-state index in [1.165, 1.54) is 0 Å². The van der Waals surface area contributed by atoms with E-state index in [1.54, 1.807) is 0 Å². The SMILES string of the molecule is CCN(CC)CCCC(C)NC(=O)[C@@H]1CC[C@H](CN)O1.Cl.Cl. The van der Waals surface area contributed by atoms with Crippen LogP contribution in [0.3, 0.4) is 0 Å². The summed E-state index contributed by atoms with van der Waals surface area (Å²) in [5.74, 6) is 0.0243. The Morgan fingerprint density at radius 2 is 1.95 bits per heavy atom. The van der Waals surface area contributed by atoms with E-state index >= 15 is 0 Å². The highest BCUT2D eigenvalue weighted by molar-refractivity contribution is 5.85. The number of rotatable bonds is 9. The zero-order valence-corrected chi connectivity index (χ0v) is 15.7. The van der Waals surface area contributed by atoms with Crippen LogP contribution in [0.15, 0.2) is 0 Å². The quantitative estimate of drug-likeness (QED) is 0.661. The van der Waals surface area contributed by atoms with Gasteiger partial charge in [0.15, 0.2) is 0 Å². The van der Waals surface area contributed by atoms with Crippen LogP contribution in [0.1, 0.15) is 46.5 Å². The van der Waals surface area contributed by atoms with Gasteiger partial charge in [0.2, 0.25) is 5.91 Å². The van der Waals surface area contributed by atoms with Crippen molar-refractivity contribution >= 4 is 30.7 Å². The van der Waals surface area contributed by atoms with Crippen molar-refractivity contribution in [2.75, 3.05) is 26.2 Å². The molecule has 0 radical (unpaired) electrons. The summed E-state index contributed by atoms with van der Waals surface area (Å²) >= 11 is 0. The summed E-state index contributed by atoms with van der Waals surface area (Å²) in [5, 5.41) is 3.05. The minimum absolute atomic E-state index is 0. The first-order chi connectivity index (χ1) is 9.60. The maximum atomic E-state index is 12.0. The first-order valence-electron chi connectivity index (χ1n) is 7.98. The average Bonchev–Trinajstić information content (AvgIpc) is 2.92. The third-order valence-corrected chi connectivity index (χ3v) is 4.06. The molecule has 5 nitrogen and oxygen atoms in total. The molecule has 1 heterocycles. The van der Waals surface area contributed by atoms with E-state index in [4.69, 9.17) is 10.5 Å². The minimum atomic E-state index is -0.297. The lowest BCUT2D eigenvalue weighted by atomic mass is 10.1. The Hall–Kier alpha value is -0.0700. The molecule has 1 saturated heterocycles. The van der Waals surface area contributed by atoms with Crippen LogP contribution in [0, 0.1) is 0 Å². The molecular formula is C15H33Cl2N3O2. The Bertz CT molecular complexity index is 292. The predicted molar refractivity (Wildman–Crippen MR) is 96.1 cm³/mol. The monoisotopic (exact) mass is 357 g/mol. The molecule has 0 bridgehead atoms. The molecule has 1 aliphatic rings. The van der Waals surface area contributed by atoms with Crippen molar-refractivity contribution in [2.45, 2.75) is 64.7 Å². The Morgan fingerprint density at radius 1 is 1.32 bits per heavy atom. The molecule has 7 heteroatoms. The Morgan fingerprint density at radius 3 is 2.45 bits per heavy atom. The summed E-state index contributed by atoms with van der Waals surface area (Å²) in [6, 6.07) is 0.207. The summed E-state index contributed by atoms with van der Waals surface area (Å²) < 4.78 is 5.61. The molecule has 0 saturated carbocycles. The number of hydrogen-bond acceptors (Lipinski definition) is 4. The van der Waals surface area contributed by atoms with E-state index in [2.05, 4.69) is 31.0 Å². The second-order valence-corrected chi connectivity index (χ2v) is 5.64. The van der Waals surface area contributed by atoms with Gasteiger partial charge in [0.05, 0.1) is 6.10 Å².